The molecule has 0 fully saturated rings. The minimum atomic E-state index is -3.55. The number of hydrogen-bond donors (Lipinski definition) is 1. The molecule has 0 aliphatic heterocycles. The Balaban J connectivity index is 2.04. The number of rotatable bonds is 11. The molecule has 0 heterocycles. The average Bonchev–Trinajstić information content (AvgIpc) is 2.72. The van der Waals surface area contributed by atoms with E-state index >= 15 is 0 Å². The first kappa shape index (κ1) is 23.9. The van der Waals surface area contributed by atoms with Crippen molar-refractivity contribution >= 4 is 21.6 Å². The van der Waals surface area contributed by atoms with Crippen LogP contribution in [-0.4, -0.2) is 27.1 Å². The van der Waals surface area contributed by atoms with E-state index in [4.69, 9.17) is 0 Å². The van der Waals surface area contributed by atoms with Crippen LogP contribution in [0.2, 0.25) is 0 Å². The number of unbranched alkanes of at least 4 members (excludes halogenated alkanes) is 1. The third-order valence-corrected chi connectivity index (χ3v) is 6.29. The van der Waals surface area contributed by atoms with Crippen molar-refractivity contribution in [2.24, 2.45) is 5.92 Å². The van der Waals surface area contributed by atoms with Crippen molar-refractivity contribution < 1.29 is 17.6 Å². The molecule has 5 nitrogen and oxygen atoms in total. The van der Waals surface area contributed by atoms with Gasteiger partial charge >= 0.3 is 0 Å². The van der Waals surface area contributed by atoms with Gasteiger partial charge in [0.25, 0.3) is 5.91 Å². The van der Waals surface area contributed by atoms with E-state index in [2.05, 4.69) is 19.2 Å². The summed E-state index contributed by atoms with van der Waals surface area (Å²) in [5, 5.41) is 2.99. The van der Waals surface area contributed by atoms with Crippen LogP contribution in [0.4, 0.5) is 10.1 Å². The fraction of sp³-hybridized carbons (Fsp3) is 0.435. The summed E-state index contributed by atoms with van der Waals surface area (Å²) in [4.78, 5) is 12.4. The highest BCUT2D eigenvalue weighted by atomic mass is 32.2. The third kappa shape index (κ3) is 7.13. The standard InChI is InChI=1S/C23H31FN2O3S/c1-4-6-7-18(5-2)16-25-23(27)20-10-8-19(9-11-20)17-26(30(3,28)29)22-14-12-21(24)13-15-22/h8-15,18H,4-7,16-17H2,1-3H3,(H,25,27)/t18-/m1/s1. The lowest BCUT2D eigenvalue weighted by atomic mass is 9.99. The summed E-state index contributed by atoms with van der Waals surface area (Å²) in [6, 6.07) is 12.2. The SMILES string of the molecule is CCCC[C@@H](CC)CNC(=O)c1ccc(CN(c2ccc(F)cc2)S(C)(=O)=O)cc1. The summed E-state index contributed by atoms with van der Waals surface area (Å²) in [5.41, 5.74) is 1.66. The number of nitrogens with zero attached hydrogens (tertiary/aromatic N) is 1. The number of carbonyl (C=O) groups excluding carboxylic acids is 1. The largest absolute Gasteiger partial charge is 0.352 e. The van der Waals surface area contributed by atoms with Gasteiger partial charge in [0.05, 0.1) is 18.5 Å². The van der Waals surface area contributed by atoms with E-state index in [1.807, 2.05) is 0 Å². The second kappa shape index (κ2) is 11.1. The van der Waals surface area contributed by atoms with Crippen molar-refractivity contribution in [3.63, 3.8) is 0 Å². The van der Waals surface area contributed by atoms with Crippen molar-refractivity contribution in [2.75, 3.05) is 17.1 Å². The average molecular weight is 435 g/mol. The van der Waals surface area contributed by atoms with Crippen molar-refractivity contribution in [3.8, 4) is 0 Å². The molecule has 0 aliphatic rings. The van der Waals surface area contributed by atoms with Crippen LogP contribution in [0.15, 0.2) is 48.5 Å². The van der Waals surface area contributed by atoms with Crippen LogP contribution < -0.4 is 9.62 Å². The van der Waals surface area contributed by atoms with E-state index in [-0.39, 0.29) is 12.5 Å². The molecule has 0 aromatic heterocycles. The maximum Gasteiger partial charge on any atom is 0.251 e. The van der Waals surface area contributed by atoms with Gasteiger partial charge in [0, 0.05) is 12.1 Å². The van der Waals surface area contributed by atoms with Gasteiger partial charge in [-0.05, 0) is 54.3 Å². The predicted octanol–water partition coefficient (Wildman–Crippen LogP) is 4.74. The zero-order valence-electron chi connectivity index (χ0n) is 17.9. The Hall–Kier alpha value is -2.41. The maximum atomic E-state index is 13.2. The lowest BCUT2D eigenvalue weighted by Gasteiger charge is -2.22. The molecule has 2 aromatic rings. The number of nitrogens with one attached hydrogen (secondary N) is 1. The first-order valence-corrected chi connectivity index (χ1v) is 12.2. The van der Waals surface area contributed by atoms with Gasteiger partial charge in [0.15, 0.2) is 0 Å². The van der Waals surface area contributed by atoms with Gasteiger partial charge in [-0.25, -0.2) is 12.8 Å². The van der Waals surface area contributed by atoms with Crippen LogP contribution in [0.25, 0.3) is 0 Å². The molecule has 0 bridgehead atoms. The Morgan fingerprint density at radius 3 is 2.23 bits per heavy atom. The topological polar surface area (TPSA) is 66.5 Å². The second-order valence-electron chi connectivity index (χ2n) is 7.57. The first-order chi connectivity index (χ1) is 14.2. The fourth-order valence-corrected chi connectivity index (χ4v) is 4.11. The lowest BCUT2D eigenvalue weighted by molar-refractivity contribution is 0.0946. The smallest absolute Gasteiger partial charge is 0.251 e. The Morgan fingerprint density at radius 1 is 1.07 bits per heavy atom. The van der Waals surface area contributed by atoms with Gasteiger partial charge in [-0.3, -0.25) is 9.10 Å². The molecule has 0 unspecified atom stereocenters. The van der Waals surface area contributed by atoms with E-state index in [1.54, 1.807) is 24.3 Å². The fourth-order valence-electron chi connectivity index (χ4n) is 3.22. The zero-order valence-corrected chi connectivity index (χ0v) is 18.7. The Labute approximate surface area is 179 Å². The Bertz CT molecular complexity index is 912. The molecule has 30 heavy (non-hydrogen) atoms. The van der Waals surface area contributed by atoms with Crippen molar-refractivity contribution in [1.82, 2.24) is 5.32 Å². The summed E-state index contributed by atoms with van der Waals surface area (Å²) in [5.74, 6) is -0.0789. The Kier molecular flexibility index (Phi) is 8.84. The first-order valence-electron chi connectivity index (χ1n) is 10.3. The van der Waals surface area contributed by atoms with Crippen LogP contribution in [0.3, 0.4) is 0 Å². The van der Waals surface area contributed by atoms with Crippen molar-refractivity contribution in [2.45, 2.75) is 46.1 Å². The van der Waals surface area contributed by atoms with Crippen LogP contribution in [0.1, 0.15) is 55.5 Å². The third-order valence-electron chi connectivity index (χ3n) is 5.15. The number of sulfonamides is 1. The van der Waals surface area contributed by atoms with E-state index < -0.39 is 15.8 Å². The van der Waals surface area contributed by atoms with Gasteiger partial charge < -0.3 is 5.32 Å². The number of benzene rings is 2. The monoisotopic (exact) mass is 434 g/mol. The summed E-state index contributed by atoms with van der Waals surface area (Å²) in [6.45, 7) is 5.05. The maximum absolute atomic E-state index is 13.2. The molecule has 2 rings (SSSR count). The molecule has 1 atom stereocenters. The summed E-state index contributed by atoms with van der Waals surface area (Å²) in [7, 11) is -3.55. The van der Waals surface area contributed by atoms with Crippen LogP contribution in [0, 0.1) is 11.7 Å². The molecule has 7 heteroatoms. The molecule has 0 spiro atoms. The number of amides is 1. The van der Waals surface area contributed by atoms with E-state index in [1.165, 1.54) is 28.6 Å². The molecule has 0 saturated heterocycles. The number of carbonyl (C=O) groups is 1. The van der Waals surface area contributed by atoms with Gasteiger partial charge in [-0.1, -0.05) is 45.2 Å². The van der Waals surface area contributed by atoms with Crippen molar-refractivity contribution in [1.29, 1.82) is 0 Å². The zero-order chi connectivity index (χ0) is 22.1. The lowest BCUT2D eigenvalue weighted by Crippen LogP contribution is -2.30. The van der Waals surface area contributed by atoms with E-state index in [0.717, 1.165) is 37.5 Å². The normalized spacial score (nSPS) is 12.4. The molecule has 1 N–H and O–H groups in total. The highest BCUT2D eigenvalue weighted by molar-refractivity contribution is 7.92. The predicted molar refractivity (Wildman–Crippen MR) is 120 cm³/mol. The van der Waals surface area contributed by atoms with Crippen LogP contribution in [-0.2, 0) is 16.6 Å². The molecule has 0 saturated carbocycles. The number of halogens is 1. The Morgan fingerprint density at radius 2 is 1.70 bits per heavy atom. The van der Waals surface area contributed by atoms with Crippen molar-refractivity contribution in [3.05, 3.63) is 65.5 Å². The van der Waals surface area contributed by atoms with Crippen LogP contribution >= 0.6 is 0 Å². The van der Waals surface area contributed by atoms with Gasteiger partial charge in [0.1, 0.15) is 5.82 Å². The minimum absolute atomic E-state index is 0.0985. The number of hydrogen-bond acceptors (Lipinski definition) is 3. The van der Waals surface area contributed by atoms with Gasteiger partial charge in [-0.15, -0.1) is 0 Å². The van der Waals surface area contributed by atoms with Gasteiger partial charge in [-0.2, -0.15) is 0 Å². The molecule has 164 valence electrons. The number of anilines is 1. The van der Waals surface area contributed by atoms with E-state index in [0.29, 0.717) is 23.7 Å². The van der Waals surface area contributed by atoms with Crippen LogP contribution in [0.5, 0.6) is 0 Å². The highest BCUT2D eigenvalue weighted by Crippen LogP contribution is 2.21. The molecule has 1 amide bonds. The summed E-state index contributed by atoms with van der Waals surface area (Å²) < 4.78 is 38.8. The minimum Gasteiger partial charge on any atom is -0.352 e. The molecule has 0 radical (unpaired) electrons. The van der Waals surface area contributed by atoms with Gasteiger partial charge in [0.2, 0.25) is 10.0 Å². The summed E-state index contributed by atoms with van der Waals surface area (Å²) in [6.07, 6.45) is 5.56. The molecular formula is C23H31FN2O3S. The summed E-state index contributed by atoms with van der Waals surface area (Å²) >= 11 is 0. The van der Waals surface area contributed by atoms with E-state index in [9.17, 15) is 17.6 Å². The molecule has 0 aliphatic carbocycles. The highest BCUT2D eigenvalue weighted by Gasteiger charge is 2.18. The molecule has 2 aromatic carbocycles. The molecular weight excluding hydrogens is 403 g/mol. The second-order valence-corrected chi connectivity index (χ2v) is 9.48. The quantitative estimate of drug-likeness (QED) is 0.556.